The number of carbonyl (C=O) groups is 1. The Morgan fingerprint density at radius 3 is 2.95 bits per heavy atom. The van der Waals surface area contributed by atoms with Gasteiger partial charge < -0.3 is 14.8 Å². The number of furan rings is 1. The molecule has 106 valence electrons. The number of hydrogen-bond acceptors (Lipinski definition) is 3. The first-order chi connectivity index (χ1) is 9.10. The lowest BCUT2D eigenvalue weighted by atomic mass is 9.84. The minimum absolute atomic E-state index is 0.0619. The highest BCUT2D eigenvalue weighted by Gasteiger charge is 2.21. The summed E-state index contributed by atoms with van der Waals surface area (Å²) in [6.45, 7) is 4.64. The van der Waals surface area contributed by atoms with Crippen LogP contribution < -0.4 is 5.32 Å². The maximum absolute atomic E-state index is 10.9. The predicted molar refractivity (Wildman–Crippen MR) is 73.3 cm³/mol. The maximum Gasteiger partial charge on any atom is 0.372 e. The summed E-state index contributed by atoms with van der Waals surface area (Å²) in [6.07, 6.45) is 6.32. The number of carboxylic acid groups (broad SMARTS) is 1. The third kappa shape index (κ3) is 3.60. The van der Waals surface area contributed by atoms with E-state index >= 15 is 0 Å². The Bertz CT molecular complexity index is 439. The molecule has 1 aromatic rings. The Hall–Kier alpha value is -1.29. The fraction of sp³-hybridized carbons (Fsp3) is 0.667. The summed E-state index contributed by atoms with van der Waals surface area (Å²) in [6, 6.07) is 2.36. The summed E-state index contributed by atoms with van der Waals surface area (Å²) in [7, 11) is 0. The van der Waals surface area contributed by atoms with E-state index in [9.17, 15) is 4.79 Å². The molecule has 1 saturated carbocycles. The second-order valence-electron chi connectivity index (χ2n) is 5.55. The summed E-state index contributed by atoms with van der Waals surface area (Å²) >= 11 is 0. The average molecular weight is 265 g/mol. The number of aryl methyl sites for hydroxylation is 1. The van der Waals surface area contributed by atoms with E-state index in [0.717, 1.165) is 5.92 Å². The molecule has 1 heterocycles. The lowest BCUT2D eigenvalue weighted by Crippen LogP contribution is -2.33. The molecule has 1 aliphatic carbocycles. The fourth-order valence-electron chi connectivity index (χ4n) is 2.94. The second-order valence-corrected chi connectivity index (χ2v) is 5.55. The van der Waals surface area contributed by atoms with E-state index in [4.69, 9.17) is 9.52 Å². The number of nitrogens with one attached hydrogen (secondary N) is 1. The van der Waals surface area contributed by atoms with E-state index < -0.39 is 5.97 Å². The molecular weight excluding hydrogens is 242 g/mol. The first-order valence-corrected chi connectivity index (χ1v) is 7.16. The van der Waals surface area contributed by atoms with Gasteiger partial charge in [-0.05, 0) is 31.7 Å². The molecule has 0 amide bonds. The van der Waals surface area contributed by atoms with Crippen molar-refractivity contribution in [3.05, 3.63) is 23.2 Å². The zero-order chi connectivity index (χ0) is 13.8. The van der Waals surface area contributed by atoms with Crippen molar-refractivity contribution in [2.45, 2.75) is 58.5 Å². The lowest BCUT2D eigenvalue weighted by Gasteiger charge is -2.28. The Labute approximate surface area is 114 Å². The van der Waals surface area contributed by atoms with E-state index in [2.05, 4.69) is 12.2 Å². The lowest BCUT2D eigenvalue weighted by molar-refractivity contribution is 0.0659. The van der Waals surface area contributed by atoms with Crippen molar-refractivity contribution < 1.29 is 14.3 Å². The summed E-state index contributed by atoms with van der Waals surface area (Å²) in [5.41, 5.74) is 0.694. The number of rotatable bonds is 5. The van der Waals surface area contributed by atoms with Gasteiger partial charge >= 0.3 is 5.97 Å². The van der Waals surface area contributed by atoms with Crippen LogP contribution >= 0.6 is 0 Å². The molecule has 0 spiro atoms. The van der Waals surface area contributed by atoms with Gasteiger partial charge in [0.15, 0.2) is 0 Å². The fourth-order valence-corrected chi connectivity index (χ4v) is 2.94. The van der Waals surface area contributed by atoms with Crippen molar-refractivity contribution in [2.75, 3.05) is 0 Å². The van der Waals surface area contributed by atoms with Gasteiger partial charge in [-0.3, -0.25) is 0 Å². The molecular formula is C15H23NO3. The van der Waals surface area contributed by atoms with Crippen molar-refractivity contribution in [1.29, 1.82) is 0 Å². The topological polar surface area (TPSA) is 62.5 Å². The van der Waals surface area contributed by atoms with Gasteiger partial charge in [0.1, 0.15) is 5.76 Å². The summed E-state index contributed by atoms with van der Waals surface area (Å²) in [5.74, 6) is 0.618. The smallest absolute Gasteiger partial charge is 0.372 e. The zero-order valence-electron chi connectivity index (χ0n) is 11.7. The minimum atomic E-state index is -0.993. The molecule has 0 saturated heterocycles. The highest BCUT2D eigenvalue weighted by Crippen LogP contribution is 2.26. The molecule has 1 fully saturated rings. The summed E-state index contributed by atoms with van der Waals surface area (Å²) in [4.78, 5) is 10.9. The molecule has 19 heavy (non-hydrogen) atoms. The van der Waals surface area contributed by atoms with Gasteiger partial charge in [0, 0.05) is 11.6 Å². The van der Waals surface area contributed by atoms with Crippen LogP contribution in [0.3, 0.4) is 0 Å². The molecule has 2 atom stereocenters. The number of aromatic carboxylic acids is 1. The molecule has 0 bridgehead atoms. The Morgan fingerprint density at radius 1 is 1.53 bits per heavy atom. The molecule has 0 aromatic carbocycles. The molecule has 1 aromatic heterocycles. The van der Waals surface area contributed by atoms with Gasteiger partial charge in [-0.1, -0.05) is 26.2 Å². The Kier molecular flexibility index (Phi) is 4.64. The molecule has 2 unspecified atom stereocenters. The summed E-state index contributed by atoms with van der Waals surface area (Å²) < 4.78 is 5.36. The van der Waals surface area contributed by atoms with Gasteiger partial charge in [-0.2, -0.15) is 0 Å². The largest absolute Gasteiger partial charge is 0.475 e. The second kappa shape index (κ2) is 6.24. The third-order valence-electron chi connectivity index (χ3n) is 4.09. The van der Waals surface area contributed by atoms with Crippen LogP contribution in [0.15, 0.2) is 10.5 Å². The van der Waals surface area contributed by atoms with Gasteiger partial charge in [-0.15, -0.1) is 0 Å². The normalized spacial score (nSPS) is 23.5. The molecule has 1 aliphatic rings. The molecule has 0 aliphatic heterocycles. The number of hydrogen-bond donors (Lipinski definition) is 2. The third-order valence-corrected chi connectivity index (χ3v) is 4.09. The van der Waals surface area contributed by atoms with Crippen molar-refractivity contribution in [3.8, 4) is 0 Å². The first kappa shape index (κ1) is 14.1. The molecule has 0 radical (unpaired) electrons. The highest BCUT2D eigenvalue weighted by atomic mass is 16.4. The molecule has 4 heteroatoms. The predicted octanol–water partition coefficient (Wildman–Crippen LogP) is 3.34. The average Bonchev–Trinajstić information content (AvgIpc) is 2.78. The highest BCUT2D eigenvalue weighted by molar-refractivity contribution is 5.86. The summed E-state index contributed by atoms with van der Waals surface area (Å²) in [5, 5.41) is 12.4. The molecule has 2 rings (SSSR count). The van der Waals surface area contributed by atoms with E-state index in [1.807, 2.05) is 6.07 Å². The zero-order valence-corrected chi connectivity index (χ0v) is 11.7. The van der Waals surface area contributed by atoms with E-state index in [-0.39, 0.29) is 5.76 Å². The monoisotopic (exact) mass is 265 g/mol. The van der Waals surface area contributed by atoms with Crippen LogP contribution in [-0.4, -0.2) is 17.1 Å². The van der Waals surface area contributed by atoms with Crippen LogP contribution in [0.5, 0.6) is 0 Å². The van der Waals surface area contributed by atoms with Crippen molar-refractivity contribution in [2.24, 2.45) is 5.92 Å². The van der Waals surface area contributed by atoms with E-state index in [1.54, 1.807) is 6.92 Å². The van der Waals surface area contributed by atoms with Gasteiger partial charge in [0.05, 0.1) is 6.54 Å². The minimum Gasteiger partial charge on any atom is -0.475 e. The number of carboxylic acids is 1. The van der Waals surface area contributed by atoms with Crippen LogP contribution in [0.1, 0.15) is 60.9 Å². The van der Waals surface area contributed by atoms with E-state index in [0.29, 0.717) is 23.9 Å². The van der Waals surface area contributed by atoms with Crippen LogP contribution in [0.25, 0.3) is 0 Å². The van der Waals surface area contributed by atoms with Crippen molar-refractivity contribution in [3.63, 3.8) is 0 Å². The standard InChI is InChI=1S/C15H23NO3/c1-3-11-5-4-6-12(8-11)16-9-13-7-10(2)14(19-13)15(17)18/h7,11-12,16H,3-6,8-9H2,1-2H3,(H,17,18). The Balaban J connectivity index is 1.88. The first-order valence-electron chi connectivity index (χ1n) is 7.16. The van der Waals surface area contributed by atoms with Gasteiger partial charge in [0.2, 0.25) is 5.76 Å². The molecule has 2 N–H and O–H groups in total. The quantitative estimate of drug-likeness (QED) is 0.857. The van der Waals surface area contributed by atoms with Crippen LogP contribution in [-0.2, 0) is 6.54 Å². The van der Waals surface area contributed by atoms with Gasteiger partial charge in [-0.25, -0.2) is 4.79 Å². The SMILES string of the molecule is CCC1CCCC(NCc2cc(C)c(C(=O)O)o2)C1. The van der Waals surface area contributed by atoms with Gasteiger partial charge in [0.25, 0.3) is 0 Å². The molecule has 4 nitrogen and oxygen atoms in total. The van der Waals surface area contributed by atoms with Crippen molar-refractivity contribution >= 4 is 5.97 Å². The van der Waals surface area contributed by atoms with E-state index in [1.165, 1.54) is 32.1 Å². The van der Waals surface area contributed by atoms with Crippen LogP contribution in [0, 0.1) is 12.8 Å². The van der Waals surface area contributed by atoms with Crippen LogP contribution in [0.2, 0.25) is 0 Å². The van der Waals surface area contributed by atoms with Crippen LogP contribution in [0.4, 0.5) is 0 Å². The maximum atomic E-state index is 10.9. The van der Waals surface area contributed by atoms with Crippen molar-refractivity contribution in [1.82, 2.24) is 5.32 Å². The Morgan fingerprint density at radius 2 is 2.32 bits per heavy atom.